The second kappa shape index (κ2) is 8.07. The molecule has 5 nitrogen and oxygen atoms in total. The van der Waals surface area contributed by atoms with E-state index in [2.05, 4.69) is 24.3 Å². The molecular weight excluding hydrogens is 392 g/mol. The Labute approximate surface area is 175 Å². The summed E-state index contributed by atoms with van der Waals surface area (Å²) in [6.45, 7) is 3.65. The fourth-order valence-corrected chi connectivity index (χ4v) is 4.31. The van der Waals surface area contributed by atoms with E-state index in [1.807, 2.05) is 38.1 Å². The second-order valence-electron chi connectivity index (χ2n) is 8.15. The lowest BCUT2D eigenvalue weighted by Gasteiger charge is -2.25. The van der Waals surface area contributed by atoms with Crippen LogP contribution in [0, 0.1) is 5.92 Å². The van der Waals surface area contributed by atoms with E-state index < -0.39 is 18.0 Å². The molecule has 0 aromatic heterocycles. The number of hydrogen-bond acceptors (Lipinski definition) is 4. The predicted octanol–water partition coefficient (Wildman–Crippen LogP) is 4.91. The van der Waals surface area contributed by atoms with Crippen LogP contribution in [0.1, 0.15) is 32.3 Å². The molecule has 0 radical (unpaired) electrons. The Kier molecular flexibility index (Phi) is 5.67. The number of rotatable bonds is 6. The lowest BCUT2D eigenvalue weighted by molar-refractivity contribution is -0.211. The van der Waals surface area contributed by atoms with E-state index in [1.165, 1.54) is 5.56 Å². The van der Waals surface area contributed by atoms with Crippen LogP contribution in [0.25, 0.3) is 11.1 Å². The molecule has 0 bridgehead atoms. The zero-order chi connectivity index (χ0) is 20.6. The summed E-state index contributed by atoms with van der Waals surface area (Å²) in [5.41, 5.74) is 3.43. The minimum Gasteiger partial charge on any atom is -0.481 e. The van der Waals surface area contributed by atoms with Crippen LogP contribution < -0.4 is 0 Å². The van der Waals surface area contributed by atoms with Gasteiger partial charge in [0, 0.05) is 10.9 Å². The van der Waals surface area contributed by atoms with Gasteiger partial charge in [-0.1, -0.05) is 48.0 Å². The van der Waals surface area contributed by atoms with E-state index in [0.717, 1.165) is 29.0 Å². The Bertz CT molecular complexity index is 862. The molecule has 154 valence electrons. The van der Waals surface area contributed by atoms with Crippen molar-refractivity contribution >= 4 is 17.6 Å². The average Bonchev–Trinajstić information content (AvgIpc) is 3.13. The van der Waals surface area contributed by atoms with E-state index in [0.29, 0.717) is 0 Å². The zero-order valence-corrected chi connectivity index (χ0v) is 17.3. The van der Waals surface area contributed by atoms with Gasteiger partial charge < -0.3 is 19.3 Å². The molecule has 4 atom stereocenters. The summed E-state index contributed by atoms with van der Waals surface area (Å²) >= 11 is 5.96. The molecule has 0 aliphatic carbocycles. The Balaban J connectivity index is 1.40. The van der Waals surface area contributed by atoms with Crippen molar-refractivity contribution in [2.45, 2.75) is 57.4 Å². The first kappa shape index (κ1) is 20.4. The van der Waals surface area contributed by atoms with Crippen molar-refractivity contribution in [1.29, 1.82) is 0 Å². The van der Waals surface area contributed by atoms with Crippen LogP contribution in [-0.2, 0) is 25.4 Å². The number of carboxylic acids is 1. The Morgan fingerprint density at radius 2 is 1.66 bits per heavy atom. The standard InChI is InChI=1S/C23H25ClO5/c1-23(2)28-21-18(13-20(25)26)19(27-22(21)29-23)12-5-14-3-6-15(7-4-14)16-8-10-17(24)11-9-16/h3-4,6-11,18-19,21-22H,5,12-13H2,1-2H3,(H,25,26)/t18-,19-,21-,22-/m1/s1. The SMILES string of the molecule is CC1(C)O[C@H]2O[C@H](CCc3ccc(-c4ccc(Cl)cc4)cc3)[C@@H](CC(=O)O)[C@H]2O1. The molecule has 4 rings (SSSR count). The molecular formula is C23H25ClO5. The van der Waals surface area contributed by atoms with Gasteiger partial charge in [-0.3, -0.25) is 4.79 Å². The summed E-state index contributed by atoms with van der Waals surface area (Å²) in [4.78, 5) is 11.4. The molecule has 2 aromatic rings. The molecule has 2 heterocycles. The van der Waals surface area contributed by atoms with Crippen molar-refractivity contribution in [3.63, 3.8) is 0 Å². The molecule has 2 aromatic carbocycles. The second-order valence-corrected chi connectivity index (χ2v) is 8.58. The maximum Gasteiger partial charge on any atom is 0.303 e. The minimum atomic E-state index is -0.843. The lowest BCUT2D eigenvalue weighted by atomic mass is 9.90. The molecule has 2 aliphatic rings. The number of carbonyl (C=O) groups is 1. The molecule has 0 unspecified atom stereocenters. The van der Waals surface area contributed by atoms with Gasteiger partial charge in [-0.2, -0.15) is 0 Å². The summed E-state index contributed by atoms with van der Waals surface area (Å²) in [5, 5.41) is 10.0. The van der Waals surface area contributed by atoms with Gasteiger partial charge in [0.2, 0.25) is 0 Å². The topological polar surface area (TPSA) is 65.0 Å². The molecule has 2 aliphatic heterocycles. The zero-order valence-electron chi connectivity index (χ0n) is 16.5. The first-order chi connectivity index (χ1) is 13.8. The molecule has 2 fully saturated rings. The largest absolute Gasteiger partial charge is 0.481 e. The summed E-state index contributed by atoms with van der Waals surface area (Å²) in [6, 6.07) is 16.1. The van der Waals surface area contributed by atoms with E-state index >= 15 is 0 Å². The fraction of sp³-hybridized carbons (Fsp3) is 0.435. The van der Waals surface area contributed by atoms with Gasteiger partial charge in [0.05, 0.1) is 12.5 Å². The smallest absolute Gasteiger partial charge is 0.303 e. The third-order valence-corrected chi connectivity index (χ3v) is 5.81. The summed E-state index contributed by atoms with van der Waals surface area (Å²) in [5.74, 6) is -1.80. The number of fused-ring (bicyclic) bond motifs is 1. The summed E-state index contributed by atoms with van der Waals surface area (Å²) in [6.07, 6.45) is 0.502. The Hall–Kier alpha value is -1.92. The maximum absolute atomic E-state index is 11.4. The molecule has 0 saturated carbocycles. The molecule has 29 heavy (non-hydrogen) atoms. The van der Waals surface area contributed by atoms with Crippen LogP contribution in [0.2, 0.25) is 5.02 Å². The number of benzene rings is 2. The van der Waals surface area contributed by atoms with Gasteiger partial charge in [0.1, 0.15) is 6.10 Å². The normalized spacial score (nSPS) is 27.7. The molecule has 2 saturated heterocycles. The van der Waals surface area contributed by atoms with Gasteiger partial charge in [0.25, 0.3) is 0 Å². The number of halogens is 1. The van der Waals surface area contributed by atoms with Gasteiger partial charge in [-0.25, -0.2) is 0 Å². The van der Waals surface area contributed by atoms with E-state index in [4.69, 9.17) is 25.8 Å². The van der Waals surface area contributed by atoms with Crippen LogP contribution in [0.15, 0.2) is 48.5 Å². The highest BCUT2D eigenvalue weighted by atomic mass is 35.5. The first-order valence-electron chi connectivity index (χ1n) is 9.88. The molecule has 0 spiro atoms. The number of ether oxygens (including phenoxy) is 3. The average molecular weight is 417 g/mol. The molecule has 6 heteroatoms. The number of aryl methyl sites for hydroxylation is 1. The van der Waals surface area contributed by atoms with Crippen molar-refractivity contribution in [2.75, 3.05) is 0 Å². The van der Waals surface area contributed by atoms with Crippen LogP contribution >= 0.6 is 11.6 Å². The summed E-state index contributed by atoms with van der Waals surface area (Å²) < 4.78 is 17.8. The Morgan fingerprint density at radius 3 is 2.28 bits per heavy atom. The lowest BCUT2D eigenvalue weighted by Crippen LogP contribution is -2.32. The van der Waals surface area contributed by atoms with Crippen molar-refractivity contribution in [2.24, 2.45) is 5.92 Å². The van der Waals surface area contributed by atoms with E-state index in [1.54, 1.807) is 0 Å². The number of aliphatic carboxylic acids is 1. The van der Waals surface area contributed by atoms with Gasteiger partial charge >= 0.3 is 5.97 Å². The van der Waals surface area contributed by atoms with E-state index in [9.17, 15) is 9.90 Å². The maximum atomic E-state index is 11.4. The number of carboxylic acid groups (broad SMARTS) is 1. The van der Waals surface area contributed by atoms with Crippen LogP contribution in [0.3, 0.4) is 0 Å². The summed E-state index contributed by atoms with van der Waals surface area (Å²) in [7, 11) is 0. The molecule has 1 N–H and O–H groups in total. The van der Waals surface area contributed by atoms with Crippen LogP contribution in [0.4, 0.5) is 0 Å². The van der Waals surface area contributed by atoms with Crippen molar-refractivity contribution < 1.29 is 24.1 Å². The van der Waals surface area contributed by atoms with E-state index in [-0.39, 0.29) is 24.5 Å². The number of hydrogen-bond donors (Lipinski definition) is 1. The monoisotopic (exact) mass is 416 g/mol. The van der Waals surface area contributed by atoms with Gasteiger partial charge in [0.15, 0.2) is 12.1 Å². The van der Waals surface area contributed by atoms with Gasteiger partial charge in [-0.15, -0.1) is 0 Å². The minimum absolute atomic E-state index is 0.0147. The van der Waals surface area contributed by atoms with Crippen LogP contribution in [0.5, 0.6) is 0 Å². The van der Waals surface area contributed by atoms with Crippen molar-refractivity contribution in [3.05, 3.63) is 59.1 Å². The quantitative estimate of drug-likeness (QED) is 0.725. The van der Waals surface area contributed by atoms with Gasteiger partial charge in [-0.05, 0) is 55.5 Å². The first-order valence-corrected chi connectivity index (χ1v) is 10.3. The highest BCUT2D eigenvalue weighted by molar-refractivity contribution is 6.30. The Morgan fingerprint density at radius 1 is 1.03 bits per heavy atom. The van der Waals surface area contributed by atoms with Crippen molar-refractivity contribution in [1.82, 2.24) is 0 Å². The van der Waals surface area contributed by atoms with Crippen LogP contribution in [-0.4, -0.2) is 35.4 Å². The highest BCUT2D eigenvalue weighted by Crippen LogP contribution is 2.43. The highest BCUT2D eigenvalue weighted by Gasteiger charge is 2.54. The predicted molar refractivity (Wildman–Crippen MR) is 110 cm³/mol. The molecule has 0 amide bonds. The fourth-order valence-electron chi connectivity index (χ4n) is 4.18. The third-order valence-electron chi connectivity index (χ3n) is 5.56. The van der Waals surface area contributed by atoms with Crippen molar-refractivity contribution in [3.8, 4) is 11.1 Å². The third kappa shape index (κ3) is 4.64.